The summed E-state index contributed by atoms with van der Waals surface area (Å²) in [5.41, 5.74) is -1.16. The fourth-order valence-electron chi connectivity index (χ4n) is 6.45. The highest BCUT2D eigenvalue weighted by Crippen LogP contribution is 2.64. The zero-order valence-corrected chi connectivity index (χ0v) is 15.3. The average Bonchev–Trinajstić information content (AvgIpc) is 2.41. The predicted molar refractivity (Wildman–Crippen MR) is 91.1 cm³/mol. The summed E-state index contributed by atoms with van der Waals surface area (Å²) < 4.78 is 6.53. The minimum atomic E-state index is -0.493. The number of aliphatic hydroxyl groups excluding tert-OH is 1. The smallest absolute Gasteiger partial charge is 0.138 e. The van der Waals surface area contributed by atoms with E-state index in [0.29, 0.717) is 24.5 Å². The van der Waals surface area contributed by atoms with Crippen LogP contribution in [-0.2, 0) is 9.53 Å². The molecule has 130 valence electrons. The van der Waals surface area contributed by atoms with Gasteiger partial charge in [-0.1, -0.05) is 26.8 Å². The SMILES string of the molecule is C=C[C@@]1(C)CCC2[C@]3(C)CCC(=O)C(C)(C)C3[C@@H](O)C[C@]2(C)O1. The number of Topliss-reactive ketones (excluding diaryl/α,β-unsaturated/α-hetero) is 1. The summed E-state index contributed by atoms with van der Waals surface area (Å²) >= 11 is 0. The van der Waals surface area contributed by atoms with Crippen LogP contribution < -0.4 is 0 Å². The molecule has 1 N–H and O–H groups in total. The predicted octanol–water partition coefficient (Wildman–Crippen LogP) is 3.89. The molecule has 6 atom stereocenters. The van der Waals surface area contributed by atoms with Gasteiger partial charge in [0.15, 0.2) is 0 Å². The molecule has 0 radical (unpaired) electrons. The van der Waals surface area contributed by atoms with Gasteiger partial charge < -0.3 is 9.84 Å². The number of hydrogen-bond acceptors (Lipinski definition) is 3. The van der Waals surface area contributed by atoms with Crippen LogP contribution in [0.1, 0.15) is 66.7 Å². The van der Waals surface area contributed by atoms with Gasteiger partial charge in [-0.05, 0) is 44.4 Å². The number of ether oxygens (including phenoxy) is 1. The number of aliphatic hydroxyl groups is 1. The molecule has 1 heterocycles. The first-order valence-corrected chi connectivity index (χ1v) is 9.04. The Labute approximate surface area is 140 Å². The van der Waals surface area contributed by atoms with E-state index in [4.69, 9.17) is 4.74 Å². The van der Waals surface area contributed by atoms with Crippen LogP contribution in [0.15, 0.2) is 12.7 Å². The first-order valence-electron chi connectivity index (χ1n) is 9.04. The third-order valence-corrected chi connectivity index (χ3v) is 7.46. The van der Waals surface area contributed by atoms with Gasteiger partial charge in [-0.15, -0.1) is 6.58 Å². The quantitative estimate of drug-likeness (QED) is 0.746. The summed E-state index contributed by atoms with van der Waals surface area (Å²) in [4.78, 5) is 12.5. The van der Waals surface area contributed by atoms with Crippen LogP contribution in [0.4, 0.5) is 0 Å². The number of ketones is 1. The van der Waals surface area contributed by atoms with Gasteiger partial charge in [-0.2, -0.15) is 0 Å². The Balaban J connectivity index is 2.03. The molecule has 3 nitrogen and oxygen atoms in total. The fourth-order valence-corrected chi connectivity index (χ4v) is 6.45. The standard InChI is InChI=1S/C20H32O3/c1-7-18(4)10-8-14-19(5)11-9-15(22)17(2,3)16(19)13(21)12-20(14,6)23-18/h7,13-14,16,21H,1,8-12H2,2-6H3/t13-,14?,16?,18-,19-,20-/m0/s1. The van der Waals surface area contributed by atoms with Crippen LogP contribution in [0.5, 0.6) is 0 Å². The van der Waals surface area contributed by atoms with Gasteiger partial charge in [0.1, 0.15) is 5.78 Å². The highest BCUT2D eigenvalue weighted by atomic mass is 16.5. The fraction of sp³-hybridized carbons (Fsp3) is 0.850. The van der Waals surface area contributed by atoms with Crippen LogP contribution in [0.2, 0.25) is 0 Å². The van der Waals surface area contributed by atoms with Crippen molar-refractivity contribution in [3.63, 3.8) is 0 Å². The summed E-state index contributed by atoms with van der Waals surface area (Å²) in [7, 11) is 0. The summed E-state index contributed by atoms with van der Waals surface area (Å²) in [5.74, 6) is 0.699. The van der Waals surface area contributed by atoms with Crippen molar-refractivity contribution in [1.29, 1.82) is 0 Å². The average molecular weight is 320 g/mol. The lowest BCUT2D eigenvalue weighted by Crippen LogP contribution is -2.67. The number of carbonyl (C=O) groups excluding carboxylic acids is 1. The summed E-state index contributed by atoms with van der Waals surface area (Å²) in [6, 6.07) is 0. The Morgan fingerprint density at radius 1 is 1.22 bits per heavy atom. The second-order valence-electron chi connectivity index (χ2n) is 9.42. The van der Waals surface area contributed by atoms with Gasteiger partial charge in [-0.25, -0.2) is 0 Å². The number of rotatable bonds is 1. The van der Waals surface area contributed by atoms with E-state index in [0.717, 1.165) is 19.3 Å². The van der Waals surface area contributed by atoms with Gasteiger partial charge in [-0.3, -0.25) is 4.79 Å². The minimum Gasteiger partial charge on any atom is -0.393 e. The zero-order chi connectivity index (χ0) is 17.3. The van der Waals surface area contributed by atoms with Gasteiger partial charge in [0.25, 0.3) is 0 Å². The van der Waals surface area contributed by atoms with E-state index in [1.165, 1.54) is 0 Å². The molecule has 3 rings (SSSR count). The molecule has 0 bridgehead atoms. The van der Waals surface area contributed by atoms with Crippen LogP contribution in [0.3, 0.4) is 0 Å². The van der Waals surface area contributed by atoms with E-state index in [-0.39, 0.29) is 22.5 Å². The van der Waals surface area contributed by atoms with Crippen molar-refractivity contribution in [2.24, 2.45) is 22.7 Å². The van der Waals surface area contributed by atoms with Crippen LogP contribution >= 0.6 is 0 Å². The Bertz CT molecular complexity index is 539. The topological polar surface area (TPSA) is 46.5 Å². The molecule has 0 spiro atoms. The lowest BCUT2D eigenvalue weighted by Gasteiger charge is -2.65. The maximum Gasteiger partial charge on any atom is 0.138 e. The van der Waals surface area contributed by atoms with E-state index >= 15 is 0 Å². The Morgan fingerprint density at radius 3 is 2.48 bits per heavy atom. The van der Waals surface area contributed by atoms with E-state index in [2.05, 4.69) is 27.4 Å². The first-order chi connectivity index (χ1) is 10.5. The highest BCUT2D eigenvalue weighted by Gasteiger charge is 2.65. The molecule has 3 aliphatic rings. The second-order valence-corrected chi connectivity index (χ2v) is 9.42. The van der Waals surface area contributed by atoms with Crippen molar-refractivity contribution < 1.29 is 14.6 Å². The molecular formula is C20H32O3. The van der Waals surface area contributed by atoms with Crippen molar-refractivity contribution in [3.05, 3.63) is 12.7 Å². The van der Waals surface area contributed by atoms with E-state index < -0.39 is 11.5 Å². The van der Waals surface area contributed by atoms with Crippen molar-refractivity contribution >= 4 is 5.78 Å². The molecule has 2 aliphatic carbocycles. The maximum absolute atomic E-state index is 12.5. The molecule has 2 unspecified atom stereocenters. The minimum absolute atomic E-state index is 0.0195. The largest absolute Gasteiger partial charge is 0.393 e. The Morgan fingerprint density at radius 2 is 1.87 bits per heavy atom. The maximum atomic E-state index is 12.5. The number of carbonyl (C=O) groups is 1. The van der Waals surface area contributed by atoms with Gasteiger partial charge in [0, 0.05) is 24.2 Å². The molecular weight excluding hydrogens is 288 g/mol. The molecule has 1 saturated heterocycles. The summed E-state index contributed by atoms with van der Waals surface area (Å²) in [6.07, 6.45) is 5.55. The first kappa shape index (κ1) is 17.2. The Hall–Kier alpha value is -0.670. The lowest BCUT2D eigenvalue weighted by molar-refractivity contribution is -0.273. The highest BCUT2D eigenvalue weighted by molar-refractivity contribution is 5.85. The third kappa shape index (κ3) is 2.26. The zero-order valence-electron chi connectivity index (χ0n) is 15.3. The third-order valence-electron chi connectivity index (χ3n) is 7.46. The molecule has 3 heteroatoms. The molecule has 1 aliphatic heterocycles. The monoisotopic (exact) mass is 320 g/mol. The molecule has 0 amide bonds. The van der Waals surface area contributed by atoms with Crippen LogP contribution in [-0.4, -0.2) is 28.2 Å². The molecule has 0 aromatic rings. The van der Waals surface area contributed by atoms with Crippen LogP contribution in [0, 0.1) is 22.7 Å². The van der Waals surface area contributed by atoms with Crippen molar-refractivity contribution in [3.8, 4) is 0 Å². The van der Waals surface area contributed by atoms with Crippen LogP contribution in [0.25, 0.3) is 0 Å². The number of hydrogen-bond donors (Lipinski definition) is 1. The normalized spacial score (nSPS) is 52.4. The Kier molecular flexibility index (Phi) is 3.67. The van der Waals surface area contributed by atoms with E-state index in [1.807, 2.05) is 19.9 Å². The molecule has 2 saturated carbocycles. The molecule has 3 fully saturated rings. The lowest BCUT2D eigenvalue weighted by atomic mass is 9.43. The van der Waals surface area contributed by atoms with E-state index in [1.54, 1.807) is 0 Å². The van der Waals surface area contributed by atoms with Crippen molar-refractivity contribution in [2.75, 3.05) is 0 Å². The molecule has 23 heavy (non-hydrogen) atoms. The summed E-state index contributed by atoms with van der Waals surface area (Å²) in [6.45, 7) is 14.5. The summed E-state index contributed by atoms with van der Waals surface area (Å²) in [5, 5.41) is 11.0. The molecule has 0 aromatic carbocycles. The second kappa shape index (κ2) is 4.92. The number of fused-ring (bicyclic) bond motifs is 3. The molecule has 0 aromatic heterocycles. The van der Waals surface area contributed by atoms with Crippen molar-refractivity contribution in [2.45, 2.75) is 84.0 Å². The van der Waals surface area contributed by atoms with Gasteiger partial charge >= 0.3 is 0 Å². The van der Waals surface area contributed by atoms with Gasteiger partial charge in [0.2, 0.25) is 0 Å². The van der Waals surface area contributed by atoms with Crippen molar-refractivity contribution in [1.82, 2.24) is 0 Å². The van der Waals surface area contributed by atoms with Gasteiger partial charge in [0.05, 0.1) is 17.3 Å². The van der Waals surface area contributed by atoms with E-state index in [9.17, 15) is 9.90 Å².